The first kappa shape index (κ1) is 8.11. The van der Waals surface area contributed by atoms with Crippen molar-refractivity contribution in [2.24, 2.45) is 7.05 Å². The number of anilines is 1. The van der Waals surface area contributed by atoms with E-state index in [4.69, 9.17) is 0 Å². The monoisotopic (exact) mass is 196 g/mol. The van der Waals surface area contributed by atoms with Gasteiger partial charge in [0.05, 0.1) is 18.4 Å². The van der Waals surface area contributed by atoms with Crippen molar-refractivity contribution in [1.82, 2.24) is 25.2 Å². The molecule has 0 fully saturated rings. The van der Waals surface area contributed by atoms with Crippen molar-refractivity contribution < 1.29 is 0 Å². The van der Waals surface area contributed by atoms with Crippen LogP contribution >= 0.6 is 11.3 Å². The Balaban J connectivity index is 1.97. The molecule has 0 aliphatic carbocycles. The van der Waals surface area contributed by atoms with Crippen molar-refractivity contribution in [3.05, 3.63) is 17.4 Å². The van der Waals surface area contributed by atoms with Gasteiger partial charge in [0.1, 0.15) is 5.51 Å². The molecule has 2 heterocycles. The van der Waals surface area contributed by atoms with Crippen LogP contribution in [0.25, 0.3) is 0 Å². The summed E-state index contributed by atoms with van der Waals surface area (Å²) in [5.41, 5.74) is 2.69. The van der Waals surface area contributed by atoms with Crippen LogP contribution in [0.15, 0.2) is 11.7 Å². The van der Waals surface area contributed by atoms with Crippen LogP contribution < -0.4 is 5.32 Å². The average Bonchev–Trinajstić information content (AvgIpc) is 2.72. The van der Waals surface area contributed by atoms with Gasteiger partial charge in [0, 0.05) is 7.05 Å². The second-order valence-corrected chi connectivity index (χ2v) is 3.28. The SMILES string of the molecule is Cn1nncc1CNc1nncs1. The lowest BCUT2D eigenvalue weighted by atomic mass is 10.5. The fraction of sp³-hybridized carbons (Fsp3) is 0.333. The van der Waals surface area contributed by atoms with E-state index < -0.39 is 0 Å². The molecule has 0 atom stereocenters. The number of hydrogen-bond donors (Lipinski definition) is 1. The van der Waals surface area contributed by atoms with Crippen LogP contribution in [0, 0.1) is 0 Å². The van der Waals surface area contributed by atoms with Crippen molar-refractivity contribution in [3.63, 3.8) is 0 Å². The molecule has 0 bridgehead atoms. The normalized spacial score (nSPS) is 10.2. The second kappa shape index (κ2) is 3.48. The predicted molar refractivity (Wildman–Crippen MR) is 48.2 cm³/mol. The Kier molecular flexibility index (Phi) is 2.17. The molecule has 13 heavy (non-hydrogen) atoms. The Morgan fingerprint density at radius 2 is 2.46 bits per heavy atom. The van der Waals surface area contributed by atoms with E-state index in [2.05, 4.69) is 25.8 Å². The summed E-state index contributed by atoms with van der Waals surface area (Å²) in [4.78, 5) is 0. The molecule has 7 heteroatoms. The minimum Gasteiger partial charge on any atom is -0.354 e. The first-order valence-corrected chi connectivity index (χ1v) is 4.58. The van der Waals surface area contributed by atoms with Crippen LogP contribution in [0.4, 0.5) is 5.13 Å². The zero-order chi connectivity index (χ0) is 9.10. The predicted octanol–water partition coefficient (Wildman–Crippen LogP) is 0.279. The lowest BCUT2D eigenvalue weighted by Gasteiger charge is -2.00. The van der Waals surface area contributed by atoms with Crippen LogP contribution in [-0.4, -0.2) is 25.2 Å². The summed E-state index contributed by atoms with van der Waals surface area (Å²) >= 11 is 1.47. The topological polar surface area (TPSA) is 68.5 Å². The van der Waals surface area contributed by atoms with Gasteiger partial charge in [0.25, 0.3) is 0 Å². The maximum atomic E-state index is 3.85. The molecule has 1 N–H and O–H groups in total. The van der Waals surface area contributed by atoms with E-state index in [0.29, 0.717) is 6.54 Å². The van der Waals surface area contributed by atoms with E-state index in [1.54, 1.807) is 16.4 Å². The zero-order valence-corrected chi connectivity index (χ0v) is 7.82. The third-order valence-electron chi connectivity index (χ3n) is 1.59. The van der Waals surface area contributed by atoms with Gasteiger partial charge in [0.2, 0.25) is 5.13 Å². The fourth-order valence-corrected chi connectivity index (χ4v) is 1.33. The van der Waals surface area contributed by atoms with Crippen LogP contribution in [-0.2, 0) is 13.6 Å². The molecule has 0 saturated carbocycles. The Bertz CT molecular complexity index is 366. The fourth-order valence-electron chi connectivity index (χ4n) is 0.887. The van der Waals surface area contributed by atoms with E-state index in [0.717, 1.165) is 10.8 Å². The van der Waals surface area contributed by atoms with Crippen LogP contribution in [0.1, 0.15) is 5.69 Å². The Morgan fingerprint density at radius 1 is 1.54 bits per heavy atom. The van der Waals surface area contributed by atoms with Gasteiger partial charge >= 0.3 is 0 Å². The summed E-state index contributed by atoms with van der Waals surface area (Å²) < 4.78 is 1.72. The van der Waals surface area contributed by atoms with Crippen molar-refractivity contribution in [3.8, 4) is 0 Å². The molecule has 0 amide bonds. The lowest BCUT2D eigenvalue weighted by molar-refractivity contribution is 0.683. The first-order valence-electron chi connectivity index (χ1n) is 3.70. The van der Waals surface area contributed by atoms with Crippen molar-refractivity contribution >= 4 is 16.5 Å². The van der Waals surface area contributed by atoms with E-state index >= 15 is 0 Å². The number of rotatable bonds is 3. The third kappa shape index (κ3) is 1.81. The van der Waals surface area contributed by atoms with Crippen LogP contribution in [0.2, 0.25) is 0 Å². The summed E-state index contributed by atoms with van der Waals surface area (Å²) in [5.74, 6) is 0. The van der Waals surface area contributed by atoms with Gasteiger partial charge in [-0.25, -0.2) is 0 Å². The maximum Gasteiger partial charge on any atom is 0.205 e. The molecular weight excluding hydrogens is 188 g/mol. The largest absolute Gasteiger partial charge is 0.354 e. The van der Waals surface area contributed by atoms with Gasteiger partial charge in [-0.1, -0.05) is 16.6 Å². The quantitative estimate of drug-likeness (QED) is 0.763. The van der Waals surface area contributed by atoms with Gasteiger partial charge in [-0.05, 0) is 0 Å². The zero-order valence-electron chi connectivity index (χ0n) is 7.01. The third-order valence-corrected chi connectivity index (χ3v) is 2.24. The molecule has 0 spiro atoms. The molecule has 2 aromatic rings. The number of aromatic nitrogens is 5. The Labute approximate surface area is 78.6 Å². The lowest BCUT2D eigenvalue weighted by Crippen LogP contribution is -2.05. The van der Waals surface area contributed by atoms with E-state index in [1.807, 2.05) is 7.05 Å². The highest BCUT2D eigenvalue weighted by Gasteiger charge is 2.00. The molecule has 0 unspecified atom stereocenters. The van der Waals surface area contributed by atoms with E-state index in [1.165, 1.54) is 11.3 Å². The average molecular weight is 196 g/mol. The van der Waals surface area contributed by atoms with Gasteiger partial charge in [0.15, 0.2) is 0 Å². The summed E-state index contributed by atoms with van der Waals surface area (Å²) in [6, 6.07) is 0. The molecule has 0 saturated heterocycles. The van der Waals surface area contributed by atoms with Gasteiger partial charge in [-0.2, -0.15) is 0 Å². The molecule has 6 nitrogen and oxygen atoms in total. The Morgan fingerprint density at radius 3 is 3.08 bits per heavy atom. The summed E-state index contributed by atoms with van der Waals surface area (Å²) in [7, 11) is 1.85. The van der Waals surface area contributed by atoms with Crippen LogP contribution in [0.3, 0.4) is 0 Å². The molecule has 2 rings (SSSR count). The van der Waals surface area contributed by atoms with E-state index in [9.17, 15) is 0 Å². The molecule has 2 aromatic heterocycles. The highest BCUT2D eigenvalue weighted by molar-refractivity contribution is 7.13. The van der Waals surface area contributed by atoms with Crippen molar-refractivity contribution in [1.29, 1.82) is 0 Å². The van der Waals surface area contributed by atoms with E-state index in [-0.39, 0.29) is 0 Å². The van der Waals surface area contributed by atoms with Gasteiger partial charge < -0.3 is 5.32 Å². The standard InChI is InChI=1S/C6H8N6S/c1-12-5(3-8-11-12)2-7-6-10-9-4-13-6/h3-4H,2H2,1H3,(H,7,10). The smallest absolute Gasteiger partial charge is 0.205 e. The van der Waals surface area contributed by atoms with Crippen LogP contribution in [0.5, 0.6) is 0 Å². The summed E-state index contributed by atoms with van der Waals surface area (Å²) in [6.07, 6.45) is 1.72. The molecule has 0 aromatic carbocycles. The molecule has 68 valence electrons. The minimum atomic E-state index is 0.665. The summed E-state index contributed by atoms with van der Waals surface area (Å²) in [5, 5.41) is 19.1. The first-order chi connectivity index (χ1) is 6.36. The number of nitrogens with zero attached hydrogens (tertiary/aromatic N) is 5. The number of nitrogens with one attached hydrogen (secondary N) is 1. The van der Waals surface area contributed by atoms with Gasteiger partial charge in [-0.15, -0.1) is 15.3 Å². The van der Waals surface area contributed by atoms with Gasteiger partial charge in [-0.3, -0.25) is 4.68 Å². The molecule has 0 aliphatic heterocycles. The highest BCUT2D eigenvalue weighted by atomic mass is 32.1. The number of hydrogen-bond acceptors (Lipinski definition) is 6. The minimum absolute atomic E-state index is 0.665. The van der Waals surface area contributed by atoms with Crippen molar-refractivity contribution in [2.45, 2.75) is 6.54 Å². The Hall–Kier alpha value is -1.50. The highest BCUT2D eigenvalue weighted by Crippen LogP contribution is 2.09. The molecular formula is C6H8N6S. The molecule has 0 radical (unpaired) electrons. The second-order valence-electron chi connectivity index (χ2n) is 2.45. The number of aryl methyl sites for hydroxylation is 1. The summed E-state index contributed by atoms with van der Waals surface area (Å²) in [6.45, 7) is 0.665. The molecule has 0 aliphatic rings. The maximum absolute atomic E-state index is 3.85. The van der Waals surface area contributed by atoms with Crippen molar-refractivity contribution in [2.75, 3.05) is 5.32 Å².